The van der Waals surface area contributed by atoms with E-state index in [1.165, 1.54) is 6.07 Å². The number of aromatic nitrogens is 3. The average Bonchev–Trinajstić information content (AvgIpc) is 2.87. The van der Waals surface area contributed by atoms with Crippen LogP contribution in [0.2, 0.25) is 10.0 Å². The number of carbonyl (C=O) groups is 1. The lowest BCUT2D eigenvalue weighted by molar-refractivity contribution is 0.103. The molecule has 2 aromatic rings. The Kier molecular flexibility index (Phi) is 3.35. The van der Waals surface area contributed by atoms with E-state index in [2.05, 4.69) is 15.6 Å². The van der Waals surface area contributed by atoms with Gasteiger partial charge in [0.2, 0.25) is 5.78 Å². The highest BCUT2D eigenvalue weighted by molar-refractivity contribution is 6.41. The van der Waals surface area contributed by atoms with Gasteiger partial charge in [0.05, 0.1) is 15.6 Å². The van der Waals surface area contributed by atoms with Crippen molar-refractivity contribution in [3.8, 4) is 0 Å². The Labute approximate surface area is 123 Å². The quantitative estimate of drug-likeness (QED) is 0.684. The van der Waals surface area contributed by atoms with Crippen molar-refractivity contribution in [2.45, 2.75) is 13.0 Å². The summed E-state index contributed by atoms with van der Waals surface area (Å²) in [6.45, 7) is 1.39. The van der Waals surface area contributed by atoms with Crippen LogP contribution in [-0.2, 0) is 6.54 Å². The van der Waals surface area contributed by atoms with Crippen LogP contribution in [0.3, 0.4) is 0 Å². The van der Waals surface area contributed by atoms with Crippen molar-refractivity contribution in [2.75, 3.05) is 11.9 Å². The standard InChI is InChI=1S/C12H9Cl2FN4O/c13-6-2-3-7(15)9(14)8(6)11(20)10-12-16-4-1-5-19(12)18-17-10/h2-3,16H,1,4-5H2. The van der Waals surface area contributed by atoms with Crippen LogP contribution in [0, 0.1) is 5.82 Å². The topological polar surface area (TPSA) is 59.8 Å². The van der Waals surface area contributed by atoms with Gasteiger partial charge in [0, 0.05) is 13.1 Å². The monoisotopic (exact) mass is 314 g/mol. The molecule has 0 amide bonds. The molecule has 104 valence electrons. The van der Waals surface area contributed by atoms with Gasteiger partial charge < -0.3 is 5.32 Å². The summed E-state index contributed by atoms with van der Waals surface area (Å²) in [5, 5.41) is 10.6. The number of fused-ring (bicyclic) bond motifs is 1. The van der Waals surface area contributed by atoms with E-state index in [9.17, 15) is 9.18 Å². The molecule has 0 fully saturated rings. The van der Waals surface area contributed by atoms with Crippen molar-refractivity contribution in [1.29, 1.82) is 0 Å². The number of nitrogens with zero attached hydrogens (tertiary/aromatic N) is 3. The van der Waals surface area contributed by atoms with Crippen LogP contribution in [0.15, 0.2) is 12.1 Å². The molecule has 3 rings (SSSR count). The smallest absolute Gasteiger partial charge is 0.220 e. The number of benzene rings is 1. The normalized spacial score (nSPS) is 13.8. The molecule has 1 aliphatic heterocycles. The lowest BCUT2D eigenvalue weighted by atomic mass is 10.1. The predicted molar refractivity (Wildman–Crippen MR) is 73.0 cm³/mol. The third kappa shape index (κ3) is 2.05. The Balaban J connectivity index is 2.10. The average molecular weight is 315 g/mol. The molecule has 0 aliphatic carbocycles. The van der Waals surface area contributed by atoms with E-state index in [0.717, 1.165) is 19.0 Å². The molecule has 0 saturated carbocycles. The van der Waals surface area contributed by atoms with Crippen molar-refractivity contribution in [2.24, 2.45) is 0 Å². The first kappa shape index (κ1) is 13.3. The van der Waals surface area contributed by atoms with Gasteiger partial charge in [-0.15, -0.1) is 5.10 Å². The second-order valence-electron chi connectivity index (χ2n) is 4.34. The number of nitrogens with one attached hydrogen (secondary N) is 1. The highest BCUT2D eigenvalue weighted by Gasteiger charge is 2.27. The second-order valence-corrected chi connectivity index (χ2v) is 5.12. The van der Waals surface area contributed by atoms with Crippen LogP contribution >= 0.6 is 23.2 Å². The Morgan fingerprint density at radius 3 is 3.00 bits per heavy atom. The summed E-state index contributed by atoms with van der Waals surface area (Å²) >= 11 is 11.8. The van der Waals surface area contributed by atoms with E-state index in [1.54, 1.807) is 4.68 Å². The minimum absolute atomic E-state index is 0.0824. The van der Waals surface area contributed by atoms with Gasteiger partial charge in [-0.2, -0.15) is 0 Å². The van der Waals surface area contributed by atoms with Gasteiger partial charge in [-0.05, 0) is 18.6 Å². The van der Waals surface area contributed by atoms with Gasteiger partial charge in [0.1, 0.15) is 5.82 Å². The highest BCUT2D eigenvalue weighted by Crippen LogP contribution is 2.31. The maximum absolute atomic E-state index is 13.5. The van der Waals surface area contributed by atoms with Crippen molar-refractivity contribution in [3.63, 3.8) is 0 Å². The first-order valence-corrected chi connectivity index (χ1v) is 6.70. The van der Waals surface area contributed by atoms with E-state index in [0.29, 0.717) is 12.4 Å². The van der Waals surface area contributed by atoms with Crippen LogP contribution in [-0.4, -0.2) is 27.3 Å². The summed E-state index contributed by atoms with van der Waals surface area (Å²) in [6, 6.07) is 2.40. The molecule has 20 heavy (non-hydrogen) atoms. The summed E-state index contributed by atoms with van der Waals surface area (Å²) in [6.07, 6.45) is 0.894. The molecule has 2 heterocycles. The number of rotatable bonds is 2. The summed E-state index contributed by atoms with van der Waals surface area (Å²) in [5.74, 6) is -0.735. The summed E-state index contributed by atoms with van der Waals surface area (Å²) < 4.78 is 15.1. The molecule has 0 saturated heterocycles. The third-order valence-electron chi connectivity index (χ3n) is 3.06. The molecule has 1 aromatic carbocycles. The molecule has 1 N–H and O–H groups in total. The van der Waals surface area contributed by atoms with Gasteiger partial charge >= 0.3 is 0 Å². The Morgan fingerprint density at radius 1 is 1.40 bits per heavy atom. The molecule has 0 radical (unpaired) electrons. The SMILES string of the molecule is O=C(c1nnn2c1NCCC2)c1c(Cl)ccc(F)c1Cl. The lowest BCUT2D eigenvalue weighted by Crippen LogP contribution is -2.19. The molecule has 1 aromatic heterocycles. The highest BCUT2D eigenvalue weighted by atomic mass is 35.5. The van der Waals surface area contributed by atoms with Crippen LogP contribution in [0.5, 0.6) is 0 Å². The summed E-state index contributed by atoms with van der Waals surface area (Å²) in [5.41, 5.74) is 0.00288. The lowest BCUT2D eigenvalue weighted by Gasteiger charge is -2.15. The van der Waals surface area contributed by atoms with E-state index in [-0.39, 0.29) is 21.3 Å². The Hall–Kier alpha value is -1.66. The van der Waals surface area contributed by atoms with Gasteiger partial charge in [-0.1, -0.05) is 28.4 Å². The van der Waals surface area contributed by atoms with Gasteiger partial charge in [0.25, 0.3) is 0 Å². The van der Waals surface area contributed by atoms with Crippen molar-refractivity contribution in [1.82, 2.24) is 15.0 Å². The van der Waals surface area contributed by atoms with Crippen molar-refractivity contribution < 1.29 is 9.18 Å². The fourth-order valence-corrected chi connectivity index (χ4v) is 2.63. The maximum atomic E-state index is 13.5. The first-order valence-electron chi connectivity index (χ1n) is 5.95. The van der Waals surface area contributed by atoms with E-state index >= 15 is 0 Å². The number of aryl methyl sites for hydroxylation is 1. The molecule has 0 atom stereocenters. The zero-order valence-corrected chi connectivity index (χ0v) is 11.7. The Morgan fingerprint density at radius 2 is 2.20 bits per heavy atom. The Bertz CT molecular complexity index is 701. The number of hydrogen-bond donors (Lipinski definition) is 1. The number of carbonyl (C=O) groups excluding carboxylic acids is 1. The molecule has 8 heteroatoms. The molecule has 1 aliphatic rings. The predicted octanol–water partition coefficient (Wildman–Crippen LogP) is 2.77. The van der Waals surface area contributed by atoms with Gasteiger partial charge in [-0.3, -0.25) is 4.79 Å². The molecular weight excluding hydrogens is 306 g/mol. The summed E-state index contributed by atoms with van der Waals surface area (Å²) in [7, 11) is 0. The van der Waals surface area contributed by atoms with Gasteiger partial charge in [-0.25, -0.2) is 9.07 Å². The van der Waals surface area contributed by atoms with Crippen LogP contribution < -0.4 is 5.32 Å². The molecule has 5 nitrogen and oxygen atoms in total. The van der Waals surface area contributed by atoms with Gasteiger partial charge in [0.15, 0.2) is 11.5 Å². The number of hydrogen-bond acceptors (Lipinski definition) is 4. The largest absolute Gasteiger partial charge is 0.368 e. The van der Waals surface area contributed by atoms with E-state index < -0.39 is 11.6 Å². The second kappa shape index (κ2) is 5.03. The van der Waals surface area contributed by atoms with E-state index in [1.807, 2.05) is 0 Å². The number of anilines is 1. The zero-order valence-electron chi connectivity index (χ0n) is 10.2. The molecular formula is C12H9Cl2FN4O. The maximum Gasteiger partial charge on any atom is 0.220 e. The summed E-state index contributed by atoms with van der Waals surface area (Å²) in [4.78, 5) is 12.5. The fraction of sp³-hybridized carbons (Fsp3) is 0.250. The molecule has 0 spiro atoms. The number of halogens is 3. The van der Waals surface area contributed by atoms with Crippen molar-refractivity contribution >= 4 is 34.8 Å². The van der Waals surface area contributed by atoms with Crippen LogP contribution in [0.25, 0.3) is 0 Å². The third-order valence-corrected chi connectivity index (χ3v) is 3.74. The number of ketones is 1. The minimum atomic E-state index is -0.701. The van der Waals surface area contributed by atoms with Crippen LogP contribution in [0.4, 0.5) is 10.2 Å². The minimum Gasteiger partial charge on any atom is -0.368 e. The molecule has 0 bridgehead atoms. The fourth-order valence-electron chi connectivity index (χ4n) is 2.09. The zero-order chi connectivity index (χ0) is 14.3. The molecule has 0 unspecified atom stereocenters. The van der Waals surface area contributed by atoms with Crippen LogP contribution in [0.1, 0.15) is 22.5 Å². The first-order chi connectivity index (χ1) is 9.59. The van der Waals surface area contributed by atoms with Crippen molar-refractivity contribution in [3.05, 3.63) is 39.3 Å². The van der Waals surface area contributed by atoms with E-state index in [4.69, 9.17) is 23.2 Å².